The van der Waals surface area contributed by atoms with Gasteiger partial charge in [0.05, 0.1) is 12.2 Å². The van der Waals surface area contributed by atoms with E-state index in [9.17, 15) is 4.79 Å². The minimum Gasteiger partial charge on any atom is -0.372 e. The fourth-order valence-electron chi connectivity index (χ4n) is 5.71. The molecular weight excluding hydrogens is 478 g/mol. The number of ether oxygens (including phenoxy) is 1. The maximum atomic E-state index is 12.2. The van der Waals surface area contributed by atoms with Gasteiger partial charge in [0.25, 0.3) is 0 Å². The van der Waals surface area contributed by atoms with Crippen LogP contribution < -0.4 is 9.80 Å². The van der Waals surface area contributed by atoms with Gasteiger partial charge in [0.1, 0.15) is 11.8 Å². The summed E-state index contributed by atoms with van der Waals surface area (Å²) in [7, 11) is 0. The van der Waals surface area contributed by atoms with E-state index in [0.717, 1.165) is 79.4 Å². The minimum atomic E-state index is -0.369. The van der Waals surface area contributed by atoms with E-state index in [1.165, 1.54) is 0 Å². The zero-order chi connectivity index (χ0) is 26.1. The zero-order valence-corrected chi connectivity index (χ0v) is 21.8. The fraction of sp³-hybridized carbons (Fsp3) is 0.379. The lowest BCUT2D eigenvalue weighted by molar-refractivity contribution is -0.115. The SMILES string of the molecule is C[C@@H]1CN(c2ncc(-c3ccccc3N3CCN(C(C=O)n4ccc5cccnc54)CC3)cn2)C[C@H](C)O1. The van der Waals surface area contributed by atoms with Gasteiger partial charge in [-0.3, -0.25) is 9.69 Å². The van der Waals surface area contributed by atoms with Crippen LogP contribution in [0.4, 0.5) is 11.6 Å². The molecule has 0 bridgehead atoms. The number of morpholine rings is 1. The van der Waals surface area contributed by atoms with Gasteiger partial charge in [-0.05, 0) is 38.1 Å². The number of nitrogens with zero attached hydrogens (tertiary/aromatic N) is 7. The molecule has 1 aromatic carbocycles. The molecule has 0 amide bonds. The number of aldehydes is 1. The molecular formula is C29H33N7O2. The van der Waals surface area contributed by atoms with Crippen molar-refractivity contribution in [3.05, 3.63) is 67.3 Å². The van der Waals surface area contributed by atoms with Crippen LogP contribution in [0.5, 0.6) is 0 Å². The third-order valence-corrected chi connectivity index (χ3v) is 7.47. The number of hydrogen-bond donors (Lipinski definition) is 0. The first-order valence-corrected chi connectivity index (χ1v) is 13.3. The van der Waals surface area contributed by atoms with E-state index in [2.05, 4.69) is 57.8 Å². The number of pyridine rings is 1. The van der Waals surface area contributed by atoms with Crippen molar-refractivity contribution in [3.63, 3.8) is 0 Å². The minimum absolute atomic E-state index is 0.160. The number of carbonyl (C=O) groups is 1. The smallest absolute Gasteiger partial charge is 0.225 e. The van der Waals surface area contributed by atoms with Gasteiger partial charge in [0.15, 0.2) is 6.29 Å². The monoisotopic (exact) mass is 511 g/mol. The van der Waals surface area contributed by atoms with E-state index in [0.29, 0.717) is 0 Å². The van der Waals surface area contributed by atoms with Crippen molar-refractivity contribution in [2.24, 2.45) is 0 Å². The molecule has 2 aliphatic heterocycles. The molecule has 0 saturated carbocycles. The summed E-state index contributed by atoms with van der Waals surface area (Å²) in [6.07, 6.45) is 8.55. The molecule has 2 fully saturated rings. The number of anilines is 2. The summed E-state index contributed by atoms with van der Waals surface area (Å²) in [5.41, 5.74) is 4.11. The van der Waals surface area contributed by atoms with Gasteiger partial charge < -0.3 is 19.1 Å². The molecule has 3 aromatic heterocycles. The Bertz CT molecular complexity index is 1390. The van der Waals surface area contributed by atoms with E-state index < -0.39 is 0 Å². The summed E-state index contributed by atoms with van der Waals surface area (Å²) < 4.78 is 7.83. The lowest BCUT2D eigenvalue weighted by atomic mass is 10.1. The zero-order valence-electron chi connectivity index (χ0n) is 21.8. The highest BCUT2D eigenvalue weighted by molar-refractivity contribution is 5.79. The molecule has 9 heteroatoms. The summed E-state index contributed by atoms with van der Waals surface area (Å²) in [4.78, 5) is 32.9. The van der Waals surface area contributed by atoms with Crippen molar-refractivity contribution in [1.82, 2.24) is 24.4 Å². The second kappa shape index (κ2) is 10.5. The second-order valence-electron chi connectivity index (χ2n) is 10.2. The fourth-order valence-corrected chi connectivity index (χ4v) is 5.71. The van der Waals surface area contributed by atoms with Crippen LogP contribution in [0, 0.1) is 0 Å². The molecule has 0 N–H and O–H groups in total. The molecule has 4 aromatic rings. The first-order valence-electron chi connectivity index (χ1n) is 13.3. The Balaban J connectivity index is 1.17. The molecule has 9 nitrogen and oxygen atoms in total. The Morgan fingerprint density at radius 1 is 0.895 bits per heavy atom. The standard InChI is InChI=1S/C29H33N7O2/c1-21-18-35(19-22(2)38-21)29-31-16-24(17-32-29)25-7-3-4-8-26(25)33-12-14-34(15-13-33)27(20-37)36-11-9-23-6-5-10-30-28(23)36/h3-11,16-17,20-22,27H,12-15,18-19H2,1-2H3/t21-,22+,27?. The molecule has 3 atom stereocenters. The number of aromatic nitrogens is 4. The van der Waals surface area contributed by atoms with Crippen molar-refractivity contribution in [2.75, 3.05) is 49.1 Å². The molecule has 38 heavy (non-hydrogen) atoms. The van der Waals surface area contributed by atoms with Gasteiger partial charge >= 0.3 is 0 Å². The van der Waals surface area contributed by atoms with Crippen LogP contribution in [0.25, 0.3) is 22.2 Å². The highest BCUT2D eigenvalue weighted by atomic mass is 16.5. The van der Waals surface area contributed by atoms with Crippen molar-refractivity contribution in [3.8, 4) is 11.1 Å². The van der Waals surface area contributed by atoms with Crippen LogP contribution in [0.2, 0.25) is 0 Å². The molecule has 2 aliphatic rings. The quantitative estimate of drug-likeness (QED) is 0.363. The molecule has 1 unspecified atom stereocenters. The second-order valence-corrected chi connectivity index (χ2v) is 10.2. The summed E-state index contributed by atoms with van der Waals surface area (Å²) in [6.45, 7) is 8.93. The van der Waals surface area contributed by atoms with Gasteiger partial charge in [-0.25, -0.2) is 15.0 Å². The van der Waals surface area contributed by atoms with E-state index in [1.807, 2.05) is 41.4 Å². The van der Waals surface area contributed by atoms with Crippen LogP contribution in [0.1, 0.15) is 20.0 Å². The summed E-state index contributed by atoms with van der Waals surface area (Å²) >= 11 is 0. The predicted octanol–water partition coefficient (Wildman–Crippen LogP) is 3.63. The van der Waals surface area contributed by atoms with Crippen LogP contribution in [0.3, 0.4) is 0 Å². The molecule has 0 aliphatic carbocycles. The van der Waals surface area contributed by atoms with Gasteiger partial charge in [-0.15, -0.1) is 0 Å². The van der Waals surface area contributed by atoms with E-state index in [-0.39, 0.29) is 18.4 Å². The Labute approximate surface area is 222 Å². The summed E-state index contributed by atoms with van der Waals surface area (Å²) in [6, 6.07) is 14.4. The van der Waals surface area contributed by atoms with Crippen molar-refractivity contribution in [1.29, 1.82) is 0 Å². The molecule has 6 rings (SSSR count). The number of fused-ring (bicyclic) bond motifs is 1. The molecule has 196 valence electrons. The van der Waals surface area contributed by atoms with Gasteiger partial charge in [0.2, 0.25) is 5.95 Å². The van der Waals surface area contributed by atoms with E-state index >= 15 is 0 Å². The van der Waals surface area contributed by atoms with Crippen LogP contribution in [0.15, 0.2) is 67.3 Å². The number of benzene rings is 1. The Hall–Kier alpha value is -3.82. The van der Waals surface area contributed by atoms with E-state index in [1.54, 1.807) is 6.20 Å². The number of piperazine rings is 1. The molecule has 0 spiro atoms. The third-order valence-electron chi connectivity index (χ3n) is 7.47. The normalized spacial score (nSPS) is 21.5. The summed E-state index contributed by atoms with van der Waals surface area (Å²) in [5, 5.41) is 1.04. The average molecular weight is 512 g/mol. The van der Waals surface area contributed by atoms with Crippen LogP contribution in [-0.4, -0.2) is 82.2 Å². The first-order chi connectivity index (χ1) is 18.6. The molecule has 5 heterocycles. The average Bonchev–Trinajstić information content (AvgIpc) is 3.37. The maximum Gasteiger partial charge on any atom is 0.225 e. The predicted molar refractivity (Wildman–Crippen MR) is 148 cm³/mol. The maximum absolute atomic E-state index is 12.2. The lowest BCUT2D eigenvalue weighted by Crippen LogP contribution is -2.49. The number of para-hydroxylation sites is 1. The Morgan fingerprint density at radius 2 is 1.63 bits per heavy atom. The Kier molecular flexibility index (Phi) is 6.78. The largest absolute Gasteiger partial charge is 0.372 e. The van der Waals surface area contributed by atoms with Crippen LogP contribution >= 0.6 is 0 Å². The third kappa shape index (κ3) is 4.75. The van der Waals surface area contributed by atoms with Crippen LogP contribution in [-0.2, 0) is 9.53 Å². The lowest BCUT2D eigenvalue weighted by Gasteiger charge is -2.39. The highest BCUT2D eigenvalue weighted by Gasteiger charge is 2.27. The van der Waals surface area contributed by atoms with E-state index in [4.69, 9.17) is 14.7 Å². The highest BCUT2D eigenvalue weighted by Crippen LogP contribution is 2.32. The number of hydrogen-bond acceptors (Lipinski definition) is 8. The first kappa shape index (κ1) is 24.5. The molecule has 0 radical (unpaired) electrons. The van der Waals surface area contributed by atoms with Gasteiger partial charge in [-0.1, -0.05) is 18.2 Å². The van der Waals surface area contributed by atoms with Gasteiger partial charge in [0, 0.05) is 86.3 Å². The van der Waals surface area contributed by atoms with Gasteiger partial charge in [-0.2, -0.15) is 0 Å². The van der Waals surface area contributed by atoms with Crippen molar-refractivity contribution >= 4 is 29.0 Å². The van der Waals surface area contributed by atoms with Crippen molar-refractivity contribution in [2.45, 2.75) is 32.2 Å². The number of carbonyl (C=O) groups excluding carboxylic acids is 1. The molecule has 2 saturated heterocycles. The van der Waals surface area contributed by atoms with Crippen molar-refractivity contribution < 1.29 is 9.53 Å². The topological polar surface area (TPSA) is 79.6 Å². The number of rotatable bonds is 6. The summed E-state index contributed by atoms with van der Waals surface area (Å²) in [5.74, 6) is 0.744. The Morgan fingerprint density at radius 3 is 2.37 bits per heavy atom.